The van der Waals surface area contributed by atoms with Crippen LogP contribution in [0.4, 0.5) is 0 Å². The maximum Gasteiger partial charge on any atom is 0.249 e. The molecule has 2 fully saturated rings. The molecule has 44 heavy (non-hydrogen) atoms. The van der Waals surface area contributed by atoms with Crippen LogP contribution in [0.25, 0.3) is 0 Å². The number of guanidine groups is 1. The van der Waals surface area contributed by atoms with Gasteiger partial charge in [-0.1, -0.05) is 44.2 Å². The summed E-state index contributed by atoms with van der Waals surface area (Å²) in [7, 11) is 0. The zero-order valence-electron chi connectivity index (χ0n) is 26.4. The van der Waals surface area contributed by atoms with Crippen LogP contribution in [0.2, 0.25) is 0 Å². The van der Waals surface area contributed by atoms with E-state index in [9.17, 15) is 19.2 Å². The molecule has 0 aliphatic carbocycles. The summed E-state index contributed by atoms with van der Waals surface area (Å²) in [5.74, 6) is -0.694. The smallest absolute Gasteiger partial charge is 0.249 e. The number of carbonyl (C=O) groups is 4. The minimum atomic E-state index is -1.01. The molecule has 8 N–H and O–H groups in total. The Labute approximate surface area is 261 Å². The van der Waals surface area contributed by atoms with E-state index >= 15 is 0 Å². The van der Waals surface area contributed by atoms with Crippen molar-refractivity contribution < 1.29 is 19.2 Å². The molecule has 2 aliphatic heterocycles. The summed E-state index contributed by atoms with van der Waals surface area (Å²) >= 11 is 0. The molecule has 1 aromatic rings. The number of hydrogen-bond acceptors (Lipinski definition) is 6. The molecule has 2 heterocycles. The monoisotopic (exact) mass is 612 g/mol. The fourth-order valence-corrected chi connectivity index (χ4v) is 6.32. The van der Waals surface area contributed by atoms with Gasteiger partial charge in [0.2, 0.25) is 23.6 Å². The van der Waals surface area contributed by atoms with Gasteiger partial charge in [-0.15, -0.1) is 0 Å². The Kier molecular flexibility index (Phi) is 13.4. The first kappa shape index (κ1) is 34.8. The highest BCUT2D eigenvalue weighted by atomic mass is 16.2. The molecule has 12 heteroatoms. The van der Waals surface area contributed by atoms with E-state index < -0.39 is 17.6 Å². The molecule has 3 atom stereocenters. The van der Waals surface area contributed by atoms with Gasteiger partial charge in [-0.3, -0.25) is 24.2 Å². The molecular weight excluding hydrogens is 560 g/mol. The minimum Gasteiger partial charge on any atom is -0.370 e. The summed E-state index contributed by atoms with van der Waals surface area (Å²) in [5, 5.41) is 5.95. The minimum absolute atomic E-state index is 0.0334. The molecule has 1 spiro atoms. The van der Waals surface area contributed by atoms with Gasteiger partial charge >= 0.3 is 0 Å². The van der Waals surface area contributed by atoms with Crippen LogP contribution in [0.5, 0.6) is 0 Å². The third kappa shape index (κ3) is 9.41. The van der Waals surface area contributed by atoms with Gasteiger partial charge in [-0.25, -0.2) is 0 Å². The normalized spacial score (nSPS) is 19.3. The lowest BCUT2D eigenvalue weighted by Gasteiger charge is -2.37. The van der Waals surface area contributed by atoms with Gasteiger partial charge in [0, 0.05) is 32.6 Å². The maximum atomic E-state index is 14.2. The number of rotatable bonds is 17. The van der Waals surface area contributed by atoms with Gasteiger partial charge < -0.3 is 37.6 Å². The fourth-order valence-electron chi connectivity index (χ4n) is 6.32. The summed E-state index contributed by atoms with van der Waals surface area (Å²) in [4.78, 5) is 61.9. The van der Waals surface area contributed by atoms with Crippen molar-refractivity contribution in [3.63, 3.8) is 0 Å². The fraction of sp³-hybridized carbons (Fsp3) is 0.656. The molecule has 12 nitrogen and oxygen atoms in total. The quantitative estimate of drug-likeness (QED) is 0.0986. The van der Waals surface area contributed by atoms with E-state index in [2.05, 4.69) is 15.6 Å². The SMILES string of the molecule is CC(C)C[C@@H](C(=O)NCCc1ccccc1)N1CC[C@@]2(CCCN2C(=O)[C@H](CCCN=C(N)N)NC(=O)CCCCN)C1=O. The summed E-state index contributed by atoms with van der Waals surface area (Å²) in [6.45, 7) is 6.18. The van der Waals surface area contributed by atoms with Crippen molar-refractivity contribution in [3.05, 3.63) is 35.9 Å². The third-order valence-corrected chi connectivity index (χ3v) is 8.55. The van der Waals surface area contributed by atoms with Crippen LogP contribution >= 0.6 is 0 Å². The molecule has 0 bridgehead atoms. The van der Waals surface area contributed by atoms with Crippen molar-refractivity contribution in [2.24, 2.45) is 28.1 Å². The Morgan fingerprint density at radius 1 is 1.05 bits per heavy atom. The Bertz CT molecular complexity index is 1140. The van der Waals surface area contributed by atoms with E-state index in [-0.39, 0.29) is 41.9 Å². The Hall–Kier alpha value is -3.67. The molecule has 3 rings (SSSR count). The van der Waals surface area contributed by atoms with Crippen LogP contribution in [-0.2, 0) is 25.6 Å². The molecule has 244 valence electrons. The second kappa shape index (κ2) is 17.0. The van der Waals surface area contributed by atoms with Crippen molar-refractivity contribution in [3.8, 4) is 0 Å². The predicted octanol–water partition coefficient (Wildman–Crippen LogP) is 1.02. The summed E-state index contributed by atoms with van der Waals surface area (Å²) in [5.41, 5.74) is 16.6. The lowest BCUT2D eigenvalue weighted by Crippen LogP contribution is -2.59. The molecule has 0 saturated carbocycles. The molecular formula is C32H52N8O4. The number of amides is 4. The van der Waals surface area contributed by atoms with E-state index in [0.29, 0.717) is 90.5 Å². The molecule has 0 radical (unpaired) electrons. The van der Waals surface area contributed by atoms with Crippen molar-refractivity contribution in [2.75, 3.05) is 32.7 Å². The summed E-state index contributed by atoms with van der Waals surface area (Å²) in [6, 6.07) is 8.52. The molecule has 4 amide bonds. The van der Waals surface area contributed by atoms with Gasteiger partial charge in [-0.05, 0) is 75.8 Å². The van der Waals surface area contributed by atoms with Crippen molar-refractivity contribution in [2.45, 2.75) is 95.7 Å². The molecule has 0 aromatic heterocycles. The standard InChI is InChI=1S/C32H52N8O4/c1-23(2)22-26(28(42)36-19-14-24-10-4-3-5-11-24)39-21-16-32(30(39)44)15-9-20-40(32)29(43)25(12-8-18-37-31(34)35)38-27(41)13-6-7-17-33/h3-5,10-11,23,25-26H,6-9,12-22,33H2,1-2H3,(H,36,42)(H,38,41)(H4,34,35,37)/t25-,26-,32-/m0/s1. The Balaban J connectivity index is 1.74. The number of nitrogens with zero attached hydrogens (tertiary/aromatic N) is 3. The van der Waals surface area contributed by atoms with Crippen molar-refractivity contribution in [1.82, 2.24) is 20.4 Å². The van der Waals surface area contributed by atoms with Gasteiger partial charge in [0.1, 0.15) is 17.6 Å². The second-order valence-electron chi connectivity index (χ2n) is 12.4. The van der Waals surface area contributed by atoms with E-state index in [0.717, 1.165) is 5.56 Å². The second-order valence-corrected chi connectivity index (χ2v) is 12.4. The van der Waals surface area contributed by atoms with Crippen LogP contribution in [0.15, 0.2) is 35.3 Å². The van der Waals surface area contributed by atoms with Crippen LogP contribution < -0.4 is 27.8 Å². The average molecular weight is 613 g/mol. The largest absolute Gasteiger partial charge is 0.370 e. The van der Waals surface area contributed by atoms with E-state index in [1.807, 2.05) is 44.2 Å². The number of carbonyl (C=O) groups excluding carboxylic acids is 4. The maximum absolute atomic E-state index is 14.2. The zero-order valence-corrected chi connectivity index (χ0v) is 26.4. The van der Waals surface area contributed by atoms with Crippen LogP contribution in [0.3, 0.4) is 0 Å². The lowest BCUT2D eigenvalue weighted by atomic mass is 9.93. The average Bonchev–Trinajstić information content (AvgIpc) is 3.56. The summed E-state index contributed by atoms with van der Waals surface area (Å²) in [6.07, 6.45) is 5.31. The number of hydrogen-bond donors (Lipinski definition) is 5. The number of nitrogens with one attached hydrogen (secondary N) is 2. The topological polar surface area (TPSA) is 189 Å². The van der Waals surface area contributed by atoms with E-state index in [1.165, 1.54) is 0 Å². The molecule has 0 unspecified atom stereocenters. The summed E-state index contributed by atoms with van der Waals surface area (Å²) < 4.78 is 0. The van der Waals surface area contributed by atoms with Gasteiger partial charge in [0.25, 0.3) is 0 Å². The highest BCUT2D eigenvalue weighted by molar-refractivity contribution is 5.98. The Morgan fingerprint density at radius 2 is 1.80 bits per heavy atom. The number of benzene rings is 1. The first-order valence-corrected chi connectivity index (χ1v) is 16.1. The highest BCUT2D eigenvalue weighted by Gasteiger charge is 2.57. The van der Waals surface area contributed by atoms with Crippen molar-refractivity contribution >= 4 is 29.6 Å². The van der Waals surface area contributed by atoms with E-state index in [4.69, 9.17) is 17.2 Å². The first-order chi connectivity index (χ1) is 21.1. The number of likely N-dealkylation sites (tertiary alicyclic amines) is 2. The highest BCUT2D eigenvalue weighted by Crippen LogP contribution is 2.40. The number of aliphatic imine (C=N–C) groups is 1. The number of nitrogens with two attached hydrogens (primary N) is 3. The predicted molar refractivity (Wildman–Crippen MR) is 171 cm³/mol. The van der Waals surface area contributed by atoms with Gasteiger partial charge in [0.05, 0.1) is 0 Å². The van der Waals surface area contributed by atoms with Gasteiger partial charge in [0.15, 0.2) is 5.96 Å². The van der Waals surface area contributed by atoms with Crippen molar-refractivity contribution in [1.29, 1.82) is 0 Å². The van der Waals surface area contributed by atoms with E-state index in [1.54, 1.807) is 9.80 Å². The first-order valence-electron chi connectivity index (χ1n) is 16.1. The molecule has 1 aromatic carbocycles. The Morgan fingerprint density at radius 3 is 2.48 bits per heavy atom. The van der Waals surface area contributed by atoms with Crippen LogP contribution in [-0.4, -0.2) is 89.7 Å². The van der Waals surface area contributed by atoms with Crippen LogP contribution in [0.1, 0.15) is 77.2 Å². The third-order valence-electron chi connectivity index (χ3n) is 8.55. The molecule has 2 saturated heterocycles. The molecule has 2 aliphatic rings. The number of unbranched alkanes of at least 4 members (excludes halogenated alkanes) is 1. The zero-order chi connectivity index (χ0) is 32.1. The van der Waals surface area contributed by atoms with Crippen LogP contribution in [0, 0.1) is 5.92 Å². The lowest BCUT2D eigenvalue weighted by molar-refractivity contribution is -0.151. The van der Waals surface area contributed by atoms with Gasteiger partial charge in [-0.2, -0.15) is 0 Å².